The number of nitrogens with one attached hydrogen (secondary N) is 1. The monoisotopic (exact) mass is 360 g/mol. The Bertz CT molecular complexity index is 879. The van der Waals surface area contributed by atoms with Crippen molar-refractivity contribution in [1.82, 2.24) is 19.8 Å². The van der Waals surface area contributed by atoms with E-state index in [0.717, 1.165) is 23.4 Å². The number of carbonyl (C=O) groups excluding carboxylic acids is 1. The van der Waals surface area contributed by atoms with E-state index in [2.05, 4.69) is 39.5 Å². The van der Waals surface area contributed by atoms with Crippen LogP contribution in [0.4, 0.5) is 0 Å². The van der Waals surface area contributed by atoms with E-state index in [1.165, 1.54) is 5.56 Å². The minimum Gasteiger partial charge on any atom is -0.348 e. The Morgan fingerprint density at radius 3 is 2.41 bits per heavy atom. The Balaban J connectivity index is 1.50. The van der Waals surface area contributed by atoms with Gasteiger partial charge in [0.25, 0.3) is 0 Å². The number of hydrogen-bond acceptors (Lipinski definition) is 3. The van der Waals surface area contributed by atoms with Crippen LogP contribution in [0.25, 0.3) is 11.8 Å². The van der Waals surface area contributed by atoms with Gasteiger partial charge in [-0.1, -0.05) is 36.4 Å². The average molecular weight is 360 g/mol. The summed E-state index contributed by atoms with van der Waals surface area (Å²) in [5.74, 6) is -0.106. The van der Waals surface area contributed by atoms with E-state index in [1.54, 1.807) is 18.6 Å². The Kier molecular flexibility index (Phi) is 6.18. The van der Waals surface area contributed by atoms with Gasteiger partial charge in [-0.05, 0) is 49.0 Å². The van der Waals surface area contributed by atoms with Gasteiger partial charge in [0.1, 0.15) is 0 Å². The number of amides is 1. The smallest absolute Gasteiger partial charge is 0.244 e. The maximum absolute atomic E-state index is 12.0. The van der Waals surface area contributed by atoms with Crippen LogP contribution in [-0.2, 0) is 17.9 Å². The fraction of sp³-hybridized carbons (Fsp3) is 0.182. The van der Waals surface area contributed by atoms with E-state index in [1.807, 2.05) is 55.2 Å². The van der Waals surface area contributed by atoms with Crippen LogP contribution in [0.1, 0.15) is 16.7 Å². The summed E-state index contributed by atoms with van der Waals surface area (Å²) in [5.41, 5.74) is 4.35. The zero-order valence-corrected chi connectivity index (χ0v) is 15.7. The van der Waals surface area contributed by atoms with Gasteiger partial charge >= 0.3 is 0 Å². The molecule has 1 heterocycles. The number of benzene rings is 2. The number of aromatic nitrogens is 2. The van der Waals surface area contributed by atoms with Crippen molar-refractivity contribution in [2.45, 2.75) is 13.1 Å². The summed E-state index contributed by atoms with van der Waals surface area (Å²) in [6.07, 6.45) is 8.77. The third kappa shape index (κ3) is 5.66. The van der Waals surface area contributed by atoms with E-state index in [-0.39, 0.29) is 5.91 Å². The van der Waals surface area contributed by atoms with Crippen LogP contribution in [0.3, 0.4) is 0 Å². The maximum atomic E-state index is 12.0. The summed E-state index contributed by atoms with van der Waals surface area (Å²) in [6, 6.07) is 16.2. The molecule has 3 rings (SSSR count). The highest BCUT2D eigenvalue weighted by atomic mass is 16.1. The van der Waals surface area contributed by atoms with Gasteiger partial charge in [0.05, 0.1) is 6.33 Å². The standard InChI is InChI=1S/C22H24N4O/c1-25(2)16-20-5-3-19(4-6-20)15-24-22(27)12-9-18-7-10-21(11-8-18)26-14-13-23-17-26/h3-14,17H,15-16H2,1-2H3,(H,24,27)/b12-9+. The molecule has 0 unspecified atom stereocenters. The molecule has 3 aromatic rings. The molecule has 0 bridgehead atoms. The van der Waals surface area contributed by atoms with Crippen molar-refractivity contribution in [3.63, 3.8) is 0 Å². The van der Waals surface area contributed by atoms with E-state index < -0.39 is 0 Å². The van der Waals surface area contributed by atoms with Gasteiger partial charge in [-0.3, -0.25) is 4.79 Å². The fourth-order valence-electron chi connectivity index (χ4n) is 2.72. The molecule has 1 N–H and O–H groups in total. The molecule has 0 saturated heterocycles. The first-order chi connectivity index (χ1) is 13.1. The summed E-state index contributed by atoms with van der Waals surface area (Å²) in [5, 5.41) is 2.91. The first-order valence-electron chi connectivity index (χ1n) is 8.87. The largest absolute Gasteiger partial charge is 0.348 e. The molecule has 0 saturated carbocycles. The van der Waals surface area contributed by atoms with Crippen molar-refractivity contribution in [3.8, 4) is 5.69 Å². The molecule has 138 valence electrons. The van der Waals surface area contributed by atoms with E-state index >= 15 is 0 Å². The number of nitrogens with zero attached hydrogens (tertiary/aromatic N) is 3. The summed E-state index contributed by atoms with van der Waals surface area (Å²) in [6.45, 7) is 1.43. The molecular weight excluding hydrogens is 336 g/mol. The Morgan fingerprint density at radius 2 is 1.78 bits per heavy atom. The summed E-state index contributed by atoms with van der Waals surface area (Å²) in [7, 11) is 4.09. The third-order valence-electron chi connectivity index (χ3n) is 4.11. The van der Waals surface area contributed by atoms with Crippen molar-refractivity contribution < 1.29 is 4.79 Å². The number of carbonyl (C=O) groups is 1. The van der Waals surface area contributed by atoms with Crippen molar-refractivity contribution in [3.05, 3.63) is 90.0 Å². The first-order valence-corrected chi connectivity index (χ1v) is 8.87. The molecule has 5 heteroatoms. The normalized spacial score (nSPS) is 11.2. The minimum atomic E-state index is -0.106. The average Bonchev–Trinajstić information content (AvgIpc) is 3.20. The lowest BCUT2D eigenvalue weighted by molar-refractivity contribution is -0.116. The molecule has 0 aliphatic carbocycles. The summed E-state index contributed by atoms with van der Waals surface area (Å²) in [4.78, 5) is 18.2. The predicted molar refractivity (Wildman–Crippen MR) is 108 cm³/mol. The lowest BCUT2D eigenvalue weighted by atomic mass is 10.1. The molecule has 2 aromatic carbocycles. The fourth-order valence-corrected chi connectivity index (χ4v) is 2.72. The molecule has 0 aliphatic rings. The predicted octanol–water partition coefficient (Wildman–Crippen LogP) is 3.26. The van der Waals surface area contributed by atoms with Gasteiger partial charge in [0.15, 0.2) is 0 Å². The highest BCUT2D eigenvalue weighted by Gasteiger charge is 2.00. The van der Waals surface area contributed by atoms with Crippen LogP contribution in [-0.4, -0.2) is 34.5 Å². The van der Waals surface area contributed by atoms with E-state index in [9.17, 15) is 4.79 Å². The highest BCUT2D eigenvalue weighted by Crippen LogP contribution is 2.10. The van der Waals surface area contributed by atoms with Gasteiger partial charge in [-0.15, -0.1) is 0 Å². The van der Waals surface area contributed by atoms with Gasteiger partial charge in [-0.25, -0.2) is 4.98 Å². The zero-order valence-electron chi connectivity index (χ0n) is 15.7. The lowest BCUT2D eigenvalue weighted by Crippen LogP contribution is -2.20. The summed E-state index contributed by atoms with van der Waals surface area (Å²) >= 11 is 0. The van der Waals surface area contributed by atoms with Crippen LogP contribution in [0.15, 0.2) is 73.3 Å². The highest BCUT2D eigenvalue weighted by molar-refractivity contribution is 5.91. The number of imidazole rings is 1. The van der Waals surface area contributed by atoms with Crippen LogP contribution < -0.4 is 5.32 Å². The van der Waals surface area contributed by atoms with Gasteiger partial charge in [0.2, 0.25) is 5.91 Å². The SMILES string of the molecule is CN(C)Cc1ccc(CNC(=O)/C=C/c2ccc(-n3ccnc3)cc2)cc1. The molecular formula is C22H24N4O. The van der Waals surface area contributed by atoms with Crippen molar-refractivity contribution in [1.29, 1.82) is 0 Å². The van der Waals surface area contributed by atoms with E-state index in [4.69, 9.17) is 0 Å². The second-order valence-corrected chi connectivity index (χ2v) is 6.67. The summed E-state index contributed by atoms with van der Waals surface area (Å²) < 4.78 is 1.93. The second-order valence-electron chi connectivity index (χ2n) is 6.67. The van der Waals surface area contributed by atoms with Gasteiger partial charge in [0, 0.05) is 37.2 Å². The van der Waals surface area contributed by atoms with Crippen molar-refractivity contribution in [2.24, 2.45) is 0 Å². The molecule has 5 nitrogen and oxygen atoms in total. The van der Waals surface area contributed by atoms with Gasteiger partial charge in [-0.2, -0.15) is 0 Å². The topological polar surface area (TPSA) is 50.2 Å². The Labute approximate surface area is 160 Å². The molecule has 0 atom stereocenters. The molecule has 1 aromatic heterocycles. The first kappa shape index (κ1) is 18.6. The van der Waals surface area contributed by atoms with Crippen LogP contribution >= 0.6 is 0 Å². The van der Waals surface area contributed by atoms with Crippen LogP contribution in [0.5, 0.6) is 0 Å². The lowest BCUT2D eigenvalue weighted by Gasteiger charge is -2.10. The van der Waals surface area contributed by atoms with Gasteiger partial charge < -0.3 is 14.8 Å². The minimum absolute atomic E-state index is 0.106. The molecule has 0 fully saturated rings. The Morgan fingerprint density at radius 1 is 1.07 bits per heavy atom. The number of rotatable bonds is 7. The van der Waals surface area contributed by atoms with Crippen LogP contribution in [0, 0.1) is 0 Å². The second kappa shape index (κ2) is 8.96. The molecule has 0 spiro atoms. The zero-order chi connectivity index (χ0) is 19.1. The Hall–Kier alpha value is -3.18. The van der Waals surface area contributed by atoms with Crippen LogP contribution in [0.2, 0.25) is 0 Å². The van der Waals surface area contributed by atoms with E-state index in [0.29, 0.717) is 6.54 Å². The van der Waals surface area contributed by atoms with Crippen molar-refractivity contribution in [2.75, 3.05) is 14.1 Å². The van der Waals surface area contributed by atoms with Crippen molar-refractivity contribution >= 4 is 12.0 Å². The number of hydrogen-bond donors (Lipinski definition) is 1. The maximum Gasteiger partial charge on any atom is 0.244 e. The molecule has 0 aliphatic heterocycles. The molecule has 27 heavy (non-hydrogen) atoms. The molecule has 1 amide bonds. The quantitative estimate of drug-likeness (QED) is 0.658. The third-order valence-corrected chi connectivity index (χ3v) is 4.11. The molecule has 0 radical (unpaired) electrons.